The summed E-state index contributed by atoms with van der Waals surface area (Å²) in [5, 5.41) is 11.2. The Balaban J connectivity index is 2.27. The molecule has 0 aliphatic heterocycles. The minimum absolute atomic E-state index is 0.0925. The number of nitrogens with zero attached hydrogens (tertiary/aromatic N) is 3. The number of nitro groups is 1. The molecule has 1 aromatic heterocycles. The highest BCUT2D eigenvalue weighted by atomic mass is 16.6. The fourth-order valence-electron chi connectivity index (χ4n) is 2.18. The molecule has 0 radical (unpaired) electrons. The smallest absolute Gasteiger partial charge is 0.294 e. The van der Waals surface area contributed by atoms with E-state index in [1.807, 2.05) is 24.3 Å². The van der Waals surface area contributed by atoms with Crippen molar-refractivity contribution in [2.24, 2.45) is 5.73 Å². The zero-order valence-corrected chi connectivity index (χ0v) is 10.8. The quantitative estimate of drug-likeness (QED) is 0.586. The van der Waals surface area contributed by atoms with Gasteiger partial charge in [0.25, 0.3) is 5.69 Å². The van der Waals surface area contributed by atoms with Crippen LogP contribution in [0.15, 0.2) is 48.8 Å². The monoisotopic (exact) mass is 282 g/mol. The molecule has 3 rings (SSSR count). The number of aromatic nitrogens is 2. The summed E-state index contributed by atoms with van der Waals surface area (Å²) in [4.78, 5) is 26.1. The SMILES string of the molecule is NC(=O)c1ccc(-n2cnc3ccccc32)c([N+](=O)[O-])c1. The largest absolute Gasteiger partial charge is 0.366 e. The molecule has 2 aromatic carbocycles. The number of hydrogen-bond donors (Lipinski definition) is 1. The van der Waals surface area contributed by atoms with Crippen LogP contribution in [0.4, 0.5) is 5.69 Å². The zero-order chi connectivity index (χ0) is 15.0. The summed E-state index contributed by atoms with van der Waals surface area (Å²) in [6.45, 7) is 0. The number of hydrogen-bond acceptors (Lipinski definition) is 4. The van der Waals surface area contributed by atoms with Crippen molar-refractivity contribution >= 4 is 22.6 Å². The molecule has 7 heteroatoms. The first-order valence-corrected chi connectivity index (χ1v) is 6.08. The second-order valence-electron chi connectivity index (χ2n) is 4.43. The van der Waals surface area contributed by atoms with Crippen molar-refractivity contribution in [1.82, 2.24) is 9.55 Å². The number of imidazole rings is 1. The number of nitro benzene ring substituents is 1. The van der Waals surface area contributed by atoms with Crippen LogP contribution in [0.25, 0.3) is 16.7 Å². The first-order chi connectivity index (χ1) is 10.1. The molecule has 21 heavy (non-hydrogen) atoms. The maximum Gasteiger partial charge on any atom is 0.294 e. The van der Waals surface area contributed by atoms with Gasteiger partial charge in [0.1, 0.15) is 12.0 Å². The molecule has 2 N–H and O–H groups in total. The lowest BCUT2D eigenvalue weighted by atomic mass is 10.1. The van der Waals surface area contributed by atoms with Crippen LogP contribution in [0, 0.1) is 10.1 Å². The lowest BCUT2D eigenvalue weighted by molar-refractivity contribution is -0.384. The number of benzene rings is 2. The van der Waals surface area contributed by atoms with Crippen LogP contribution < -0.4 is 5.73 Å². The third-order valence-electron chi connectivity index (χ3n) is 3.17. The maximum atomic E-state index is 11.2. The van der Waals surface area contributed by atoms with Gasteiger partial charge in [0, 0.05) is 11.6 Å². The topological polar surface area (TPSA) is 104 Å². The summed E-state index contributed by atoms with van der Waals surface area (Å²) in [6.07, 6.45) is 1.51. The molecule has 7 nitrogen and oxygen atoms in total. The van der Waals surface area contributed by atoms with Crippen LogP contribution in [0.3, 0.4) is 0 Å². The van der Waals surface area contributed by atoms with Gasteiger partial charge < -0.3 is 5.73 Å². The summed E-state index contributed by atoms with van der Waals surface area (Å²) in [5.41, 5.74) is 6.86. The molecule has 0 aliphatic rings. The lowest BCUT2D eigenvalue weighted by Crippen LogP contribution is -2.12. The normalized spacial score (nSPS) is 10.7. The van der Waals surface area contributed by atoms with Gasteiger partial charge in [-0.2, -0.15) is 0 Å². The van der Waals surface area contributed by atoms with E-state index in [2.05, 4.69) is 4.98 Å². The molecular weight excluding hydrogens is 272 g/mol. The van der Waals surface area contributed by atoms with E-state index in [-0.39, 0.29) is 11.3 Å². The number of para-hydroxylation sites is 2. The van der Waals surface area contributed by atoms with E-state index in [1.54, 1.807) is 4.57 Å². The van der Waals surface area contributed by atoms with Crippen molar-refractivity contribution in [3.63, 3.8) is 0 Å². The molecule has 0 saturated carbocycles. The Morgan fingerprint density at radius 2 is 2.00 bits per heavy atom. The van der Waals surface area contributed by atoms with E-state index in [0.717, 1.165) is 11.0 Å². The minimum atomic E-state index is -0.708. The van der Waals surface area contributed by atoms with Crippen molar-refractivity contribution in [1.29, 1.82) is 0 Å². The number of amides is 1. The van der Waals surface area contributed by atoms with Gasteiger partial charge in [-0.25, -0.2) is 4.98 Å². The summed E-state index contributed by atoms with van der Waals surface area (Å²) < 4.78 is 1.61. The minimum Gasteiger partial charge on any atom is -0.366 e. The molecular formula is C14H10N4O3. The van der Waals surface area contributed by atoms with Crippen molar-refractivity contribution in [2.75, 3.05) is 0 Å². The number of fused-ring (bicyclic) bond motifs is 1. The number of carbonyl (C=O) groups is 1. The second kappa shape index (κ2) is 4.71. The number of rotatable bonds is 3. The fraction of sp³-hybridized carbons (Fsp3) is 0. The van der Waals surface area contributed by atoms with Crippen molar-refractivity contribution in [3.05, 3.63) is 64.5 Å². The van der Waals surface area contributed by atoms with Crippen LogP contribution in [0.5, 0.6) is 0 Å². The van der Waals surface area contributed by atoms with Crippen LogP contribution in [-0.2, 0) is 0 Å². The Bertz CT molecular complexity index is 870. The van der Waals surface area contributed by atoms with E-state index in [4.69, 9.17) is 5.73 Å². The Morgan fingerprint density at radius 3 is 2.71 bits per heavy atom. The number of nitrogens with two attached hydrogens (primary N) is 1. The molecule has 0 bridgehead atoms. The highest BCUT2D eigenvalue weighted by Gasteiger charge is 2.19. The molecule has 1 heterocycles. The summed E-state index contributed by atoms with van der Waals surface area (Å²) >= 11 is 0. The van der Waals surface area contributed by atoms with Crippen LogP contribution in [-0.4, -0.2) is 20.4 Å². The van der Waals surface area contributed by atoms with Gasteiger partial charge in [0.2, 0.25) is 5.91 Å². The molecule has 0 spiro atoms. The molecule has 0 saturated heterocycles. The van der Waals surface area contributed by atoms with Gasteiger partial charge >= 0.3 is 0 Å². The Morgan fingerprint density at radius 1 is 1.24 bits per heavy atom. The Labute approximate surface area is 118 Å². The van der Waals surface area contributed by atoms with Gasteiger partial charge in [0.15, 0.2) is 0 Å². The molecule has 0 atom stereocenters. The molecule has 0 unspecified atom stereocenters. The predicted molar refractivity (Wildman–Crippen MR) is 76.2 cm³/mol. The first kappa shape index (κ1) is 12.8. The van der Waals surface area contributed by atoms with Gasteiger partial charge in [-0.15, -0.1) is 0 Å². The Kier molecular flexibility index (Phi) is 2.87. The lowest BCUT2D eigenvalue weighted by Gasteiger charge is -2.06. The Hall–Kier alpha value is -3.22. The second-order valence-corrected chi connectivity index (χ2v) is 4.43. The van der Waals surface area contributed by atoms with Crippen LogP contribution >= 0.6 is 0 Å². The molecule has 1 amide bonds. The molecule has 0 aliphatic carbocycles. The van der Waals surface area contributed by atoms with Crippen molar-refractivity contribution < 1.29 is 9.72 Å². The summed E-state index contributed by atoms with van der Waals surface area (Å²) in [5.74, 6) is -0.708. The third-order valence-corrected chi connectivity index (χ3v) is 3.17. The zero-order valence-electron chi connectivity index (χ0n) is 10.8. The molecule has 3 aromatic rings. The average molecular weight is 282 g/mol. The summed E-state index contributed by atoms with van der Waals surface area (Å²) in [6, 6.07) is 11.4. The standard InChI is InChI=1S/C14H10N4O3/c15-14(19)9-5-6-12(13(7-9)18(20)21)17-8-16-10-3-1-2-4-11(10)17/h1-8H,(H2,15,19). The number of primary amides is 1. The van der Waals surface area contributed by atoms with Gasteiger partial charge in [-0.05, 0) is 24.3 Å². The van der Waals surface area contributed by atoms with E-state index in [1.165, 1.54) is 24.5 Å². The van der Waals surface area contributed by atoms with Crippen LogP contribution in [0.2, 0.25) is 0 Å². The highest BCUT2D eigenvalue weighted by Crippen LogP contribution is 2.27. The van der Waals surface area contributed by atoms with Crippen molar-refractivity contribution in [2.45, 2.75) is 0 Å². The average Bonchev–Trinajstić information content (AvgIpc) is 2.90. The first-order valence-electron chi connectivity index (χ1n) is 6.08. The third kappa shape index (κ3) is 2.10. The summed E-state index contributed by atoms with van der Waals surface area (Å²) in [7, 11) is 0. The van der Waals surface area contributed by atoms with E-state index in [9.17, 15) is 14.9 Å². The number of carbonyl (C=O) groups excluding carboxylic acids is 1. The van der Waals surface area contributed by atoms with E-state index in [0.29, 0.717) is 5.69 Å². The highest BCUT2D eigenvalue weighted by molar-refractivity contribution is 5.94. The van der Waals surface area contributed by atoms with Gasteiger partial charge in [0.05, 0.1) is 16.0 Å². The van der Waals surface area contributed by atoms with E-state index >= 15 is 0 Å². The van der Waals surface area contributed by atoms with Crippen molar-refractivity contribution in [3.8, 4) is 5.69 Å². The van der Waals surface area contributed by atoms with Crippen LogP contribution in [0.1, 0.15) is 10.4 Å². The van der Waals surface area contributed by atoms with Gasteiger partial charge in [-0.1, -0.05) is 12.1 Å². The predicted octanol–water partition coefficient (Wildman–Crippen LogP) is 2.03. The van der Waals surface area contributed by atoms with Gasteiger partial charge in [-0.3, -0.25) is 19.5 Å². The molecule has 0 fully saturated rings. The maximum absolute atomic E-state index is 11.2. The van der Waals surface area contributed by atoms with E-state index < -0.39 is 10.8 Å². The fourth-order valence-corrected chi connectivity index (χ4v) is 2.18. The molecule has 104 valence electrons.